The van der Waals surface area contributed by atoms with Gasteiger partial charge in [0.2, 0.25) is 0 Å². The SMILES string of the molecule is FC(C1CCCC1)C(F)(F)F. The maximum atomic E-state index is 12.5. The molecule has 1 atom stereocenters. The van der Waals surface area contributed by atoms with Crippen molar-refractivity contribution in [3.8, 4) is 0 Å². The van der Waals surface area contributed by atoms with Crippen LogP contribution in [0.2, 0.25) is 0 Å². The van der Waals surface area contributed by atoms with E-state index in [0.717, 1.165) is 12.8 Å². The molecule has 0 aromatic heterocycles. The fourth-order valence-electron chi connectivity index (χ4n) is 1.52. The van der Waals surface area contributed by atoms with Crippen LogP contribution in [-0.2, 0) is 0 Å². The monoisotopic (exact) mass is 170 g/mol. The van der Waals surface area contributed by atoms with Crippen LogP contribution in [0.3, 0.4) is 0 Å². The highest BCUT2D eigenvalue weighted by Gasteiger charge is 2.45. The van der Waals surface area contributed by atoms with Crippen molar-refractivity contribution in [3.63, 3.8) is 0 Å². The number of hydrogen-bond acceptors (Lipinski definition) is 0. The molecule has 0 amide bonds. The maximum Gasteiger partial charge on any atom is 0.419 e. The molecule has 1 saturated carbocycles. The van der Waals surface area contributed by atoms with E-state index in [4.69, 9.17) is 0 Å². The summed E-state index contributed by atoms with van der Waals surface area (Å²) in [4.78, 5) is 0. The minimum atomic E-state index is -4.64. The van der Waals surface area contributed by atoms with Crippen LogP contribution in [0.4, 0.5) is 17.6 Å². The number of hydrogen-bond donors (Lipinski definition) is 0. The van der Waals surface area contributed by atoms with E-state index < -0.39 is 18.3 Å². The highest BCUT2D eigenvalue weighted by atomic mass is 19.4. The second kappa shape index (κ2) is 2.99. The van der Waals surface area contributed by atoms with Crippen LogP contribution in [0, 0.1) is 5.92 Å². The first-order valence-electron chi connectivity index (χ1n) is 3.72. The normalized spacial score (nSPS) is 24.0. The Hall–Kier alpha value is -0.280. The number of rotatable bonds is 1. The average Bonchev–Trinajstić information content (AvgIpc) is 2.34. The Kier molecular flexibility index (Phi) is 2.40. The first-order valence-corrected chi connectivity index (χ1v) is 3.72. The topological polar surface area (TPSA) is 0 Å². The molecule has 0 aliphatic heterocycles. The Morgan fingerprint density at radius 1 is 1.09 bits per heavy atom. The third-order valence-electron chi connectivity index (χ3n) is 2.13. The lowest BCUT2D eigenvalue weighted by atomic mass is 10.0. The van der Waals surface area contributed by atoms with E-state index in [9.17, 15) is 17.6 Å². The van der Waals surface area contributed by atoms with Crippen LogP contribution in [0.25, 0.3) is 0 Å². The van der Waals surface area contributed by atoms with Gasteiger partial charge in [0, 0.05) is 0 Å². The molecule has 66 valence electrons. The molecule has 1 aliphatic rings. The van der Waals surface area contributed by atoms with E-state index >= 15 is 0 Å². The van der Waals surface area contributed by atoms with Gasteiger partial charge in [0.05, 0.1) is 0 Å². The molecule has 1 aliphatic carbocycles. The molecule has 0 bridgehead atoms. The van der Waals surface area contributed by atoms with Crippen molar-refractivity contribution in [2.24, 2.45) is 5.92 Å². The lowest BCUT2D eigenvalue weighted by Crippen LogP contribution is -2.30. The van der Waals surface area contributed by atoms with Gasteiger partial charge in [-0.25, -0.2) is 4.39 Å². The summed E-state index contributed by atoms with van der Waals surface area (Å²) in [6.45, 7) is 0. The minimum absolute atomic E-state index is 0.390. The van der Waals surface area contributed by atoms with Crippen molar-refractivity contribution in [1.82, 2.24) is 0 Å². The Morgan fingerprint density at radius 2 is 1.55 bits per heavy atom. The van der Waals surface area contributed by atoms with Crippen LogP contribution < -0.4 is 0 Å². The molecule has 0 spiro atoms. The zero-order valence-corrected chi connectivity index (χ0v) is 5.99. The van der Waals surface area contributed by atoms with E-state index in [-0.39, 0.29) is 0 Å². The highest BCUT2D eigenvalue weighted by Crippen LogP contribution is 2.37. The van der Waals surface area contributed by atoms with Gasteiger partial charge in [0.1, 0.15) is 0 Å². The predicted molar refractivity (Wildman–Crippen MR) is 32.9 cm³/mol. The number of halogens is 4. The predicted octanol–water partition coefficient (Wildman–Crippen LogP) is 3.08. The smallest absolute Gasteiger partial charge is 0.237 e. The summed E-state index contributed by atoms with van der Waals surface area (Å²) in [7, 11) is 0. The van der Waals surface area contributed by atoms with Crippen molar-refractivity contribution >= 4 is 0 Å². The Bertz CT molecular complexity index is 123. The average molecular weight is 170 g/mol. The van der Waals surface area contributed by atoms with Gasteiger partial charge >= 0.3 is 6.18 Å². The zero-order valence-electron chi connectivity index (χ0n) is 5.99. The molecule has 0 N–H and O–H groups in total. The maximum absolute atomic E-state index is 12.5. The van der Waals surface area contributed by atoms with Crippen LogP contribution in [0.15, 0.2) is 0 Å². The molecule has 1 fully saturated rings. The van der Waals surface area contributed by atoms with Gasteiger partial charge in [-0.2, -0.15) is 13.2 Å². The van der Waals surface area contributed by atoms with E-state index in [1.165, 1.54) is 0 Å². The van der Waals surface area contributed by atoms with Crippen LogP contribution in [0.5, 0.6) is 0 Å². The van der Waals surface area contributed by atoms with Gasteiger partial charge in [0.25, 0.3) is 0 Å². The van der Waals surface area contributed by atoms with E-state index in [1.54, 1.807) is 0 Å². The van der Waals surface area contributed by atoms with Crippen LogP contribution in [0.1, 0.15) is 25.7 Å². The van der Waals surface area contributed by atoms with Crippen molar-refractivity contribution in [1.29, 1.82) is 0 Å². The van der Waals surface area contributed by atoms with Crippen molar-refractivity contribution in [3.05, 3.63) is 0 Å². The third kappa shape index (κ3) is 2.07. The van der Waals surface area contributed by atoms with Crippen molar-refractivity contribution in [2.75, 3.05) is 0 Å². The lowest BCUT2D eigenvalue weighted by Gasteiger charge is -2.17. The van der Waals surface area contributed by atoms with Crippen LogP contribution in [-0.4, -0.2) is 12.3 Å². The minimum Gasteiger partial charge on any atom is -0.237 e. The standard InChI is InChI=1S/C7H10F4/c8-6(7(9,10)11)5-3-1-2-4-5/h5-6H,1-4H2. The fourth-order valence-corrected chi connectivity index (χ4v) is 1.52. The summed E-state index contributed by atoms with van der Waals surface area (Å²) in [6.07, 6.45) is -4.98. The summed E-state index contributed by atoms with van der Waals surface area (Å²) < 4.78 is 47.7. The highest BCUT2D eigenvalue weighted by molar-refractivity contribution is 4.79. The summed E-state index contributed by atoms with van der Waals surface area (Å²) in [5, 5.41) is 0. The van der Waals surface area contributed by atoms with Crippen molar-refractivity contribution < 1.29 is 17.6 Å². The van der Waals surface area contributed by atoms with Gasteiger partial charge in [-0.05, 0) is 18.8 Å². The molecule has 0 heterocycles. The number of alkyl halides is 4. The molecular weight excluding hydrogens is 160 g/mol. The molecule has 0 aromatic rings. The van der Waals surface area contributed by atoms with Gasteiger partial charge < -0.3 is 0 Å². The van der Waals surface area contributed by atoms with Gasteiger partial charge in [-0.1, -0.05) is 12.8 Å². The molecule has 0 aromatic carbocycles. The Balaban J connectivity index is 2.46. The molecule has 0 saturated heterocycles. The summed E-state index contributed by atoms with van der Waals surface area (Å²) in [6, 6.07) is 0. The van der Waals surface area contributed by atoms with E-state index in [0.29, 0.717) is 12.8 Å². The summed E-state index contributed by atoms with van der Waals surface area (Å²) >= 11 is 0. The molecule has 1 rings (SSSR count). The van der Waals surface area contributed by atoms with Crippen molar-refractivity contribution in [2.45, 2.75) is 38.0 Å². The second-order valence-electron chi connectivity index (χ2n) is 2.99. The van der Waals surface area contributed by atoms with E-state index in [1.807, 2.05) is 0 Å². The molecule has 1 unspecified atom stereocenters. The summed E-state index contributed by atoms with van der Waals surface area (Å²) in [5.41, 5.74) is 0. The third-order valence-corrected chi connectivity index (χ3v) is 2.13. The molecule has 0 radical (unpaired) electrons. The Labute approximate surface area is 62.6 Å². The van der Waals surface area contributed by atoms with Gasteiger partial charge in [0.15, 0.2) is 6.17 Å². The zero-order chi connectivity index (χ0) is 8.48. The Morgan fingerprint density at radius 3 is 1.91 bits per heavy atom. The molecule has 11 heavy (non-hydrogen) atoms. The second-order valence-corrected chi connectivity index (χ2v) is 2.99. The lowest BCUT2D eigenvalue weighted by molar-refractivity contribution is -0.193. The molecule has 4 heteroatoms. The fraction of sp³-hybridized carbons (Fsp3) is 1.00. The summed E-state index contributed by atoms with van der Waals surface area (Å²) in [5.74, 6) is -0.769. The van der Waals surface area contributed by atoms with Crippen LogP contribution >= 0.6 is 0 Å². The largest absolute Gasteiger partial charge is 0.419 e. The van der Waals surface area contributed by atoms with Gasteiger partial charge in [-0.15, -0.1) is 0 Å². The first kappa shape index (κ1) is 8.81. The van der Waals surface area contributed by atoms with Gasteiger partial charge in [-0.3, -0.25) is 0 Å². The first-order chi connectivity index (χ1) is 5.02. The van der Waals surface area contributed by atoms with E-state index in [2.05, 4.69) is 0 Å². The quantitative estimate of drug-likeness (QED) is 0.530. The molecule has 0 nitrogen and oxygen atoms in total. The molecular formula is C7H10F4.